The van der Waals surface area contributed by atoms with E-state index in [1.807, 2.05) is 0 Å². The van der Waals surface area contributed by atoms with E-state index in [1.165, 1.54) is 23.9 Å². The molecule has 0 aliphatic heterocycles. The molecule has 4 N–H and O–H groups in total. The van der Waals surface area contributed by atoms with Crippen molar-refractivity contribution in [1.29, 1.82) is 0 Å². The monoisotopic (exact) mass is 243 g/mol. The Labute approximate surface area is 98.5 Å². The molecule has 96 valence electrons. The van der Waals surface area contributed by atoms with Gasteiger partial charge in [-0.15, -0.1) is 0 Å². The van der Waals surface area contributed by atoms with E-state index in [0.717, 1.165) is 0 Å². The number of aliphatic hydroxyl groups excluding tert-OH is 2. The van der Waals surface area contributed by atoms with Crippen LogP contribution in [0.15, 0.2) is 17.1 Å². The molecule has 1 heterocycles. The Bertz CT molecular complexity index is 403. The molecule has 0 fully saturated rings. The zero-order valence-corrected chi connectivity index (χ0v) is 9.61. The minimum Gasteiger partial charge on any atom is -0.394 e. The first kappa shape index (κ1) is 13.6. The maximum atomic E-state index is 11.4. The number of aryl methyl sites for hydroxylation is 1. The van der Waals surface area contributed by atoms with Gasteiger partial charge in [-0.2, -0.15) is 4.98 Å². The number of hydrogen-bond acceptors (Lipinski definition) is 6. The summed E-state index contributed by atoms with van der Waals surface area (Å²) < 4.78 is 6.21. The van der Waals surface area contributed by atoms with Crippen molar-refractivity contribution in [2.75, 3.05) is 19.5 Å². The van der Waals surface area contributed by atoms with Crippen molar-refractivity contribution >= 4 is 5.82 Å². The standard InChI is InChI=1S/C10H17N3O4/c1-17-8(6-14)7(15)2-4-13-5-3-9(11)12-10(13)16/h3,5,7-8,14-15H,2,4,6H2,1H3,(H2,11,12,16)/t7-,8-/m0/s1. The Morgan fingerprint density at radius 1 is 1.65 bits per heavy atom. The van der Waals surface area contributed by atoms with Crippen LogP contribution in [0.25, 0.3) is 0 Å². The third-order valence-electron chi connectivity index (χ3n) is 2.47. The fourth-order valence-electron chi connectivity index (χ4n) is 1.42. The predicted molar refractivity (Wildman–Crippen MR) is 61.4 cm³/mol. The van der Waals surface area contributed by atoms with Gasteiger partial charge in [0.1, 0.15) is 11.9 Å². The van der Waals surface area contributed by atoms with Gasteiger partial charge in [0, 0.05) is 19.9 Å². The number of aromatic nitrogens is 2. The molecule has 1 rings (SSSR count). The van der Waals surface area contributed by atoms with E-state index in [1.54, 1.807) is 0 Å². The fourth-order valence-corrected chi connectivity index (χ4v) is 1.42. The molecule has 0 spiro atoms. The Morgan fingerprint density at radius 2 is 2.35 bits per heavy atom. The molecule has 0 aliphatic carbocycles. The Hall–Kier alpha value is -1.44. The van der Waals surface area contributed by atoms with Crippen molar-refractivity contribution in [3.63, 3.8) is 0 Å². The summed E-state index contributed by atoms with van der Waals surface area (Å²) in [5.41, 5.74) is 4.89. The van der Waals surface area contributed by atoms with Crippen LogP contribution in [0.4, 0.5) is 5.82 Å². The molecule has 7 nitrogen and oxygen atoms in total. The number of hydrogen-bond donors (Lipinski definition) is 3. The first-order valence-electron chi connectivity index (χ1n) is 5.23. The third kappa shape index (κ3) is 3.81. The number of nitrogens with two attached hydrogens (primary N) is 1. The lowest BCUT2D eigenvalue weighted by Crippen LogP contribution is -2.33. The van der Waals surface area contributed by atoms with Crippen molar-refractivity contribution < 1.29 is 14.9 Å². The predicted octanol–water partition coefficient (Wildman–Crippen LogP) is -1.42. The first-order chi connectivity index (χ1) is 8.08. The number of anilines is 1. The van der Waals surface area contributed by atoms with Crippen molar-refractivity contribution in [2.24, 2.45) is 0 Å². The summed E-state index contributed by atoms with van der Waals surface area (Å²) in [6.45, 7) is 0.0136. The second-order valence-corrected chi connectivity index (χ2v) is 3.64. The van der Waals surface area contributed by atoms with Crippen LogP contribution >= 0.6 is 0 Å². The lowest BCUT2D eigenvalue weighted by atomic mass is 10.1. The molecule has 0 bridgehead atoms. The Balaban J connectivity index is 2.58. The van der Waals surface area contributed by atoms with Crippen molar-refractivity contribution in [2.45, 2.75) is 25.2 Å². The average molecular weight is 243 g/mol. The molecule has 0 unspecified atom stereocenters. The topological polar surface area (TPSA) is 111 Å². The molecule has 7 heteroatoms. The lowest BCUT2D eigenvalue weighted by Gasteiger charge is -2.19. The van der Waals surface area contributed by atoms with E-state index in [9.17, 15) is 9.90 Å². The molecular formula is C10H17N3O4. The lowest BCUT2D eigenvalue weighted by molar-refractivity contribution is -0.0452. The summed E-state index contributed by atoms with van der Waals surface area (Å²) in [6, 6.07) is 1.51. The van der Waals surface area contributed by atoms with Gasteiger partial charge in [0.15, 0.2) is 0 Å². The highest BCUT2D eigenvalue weighted by Crippen LogP contribution is 2.04. The van der Waals surface area contributed by atoms with Crippen LogP contribution in [0.3, 0.4) is 0 Å². The fraction of sp³-hybridized carbons (Fsp3) is 0.600. The number of ether oxygens (including phenoxy) is 1. The maximum Gasteiger partial charge on any atom is 0.349 e. The second kappa shape index (κ2) is 6.33. The molecule has 1 aromatic heterocycles. The summed E-state index contributed by atoms with van der Waals surface area (Å²) in [5, 5.41) is 18.6. The second-order valence-electron chi connectivity index (χ2n) is 3.64. The quantitative estimate of drug-likeness (QED) is 0.565. The van der Waals surface area contributed by atoms with E-state index >= 15 is 0 Å². The Kier molecular flexibility index (Phi) is 5.08. The van der Waals surface area contributed by atoms with Gasteiger partial charge in [0.25, 0.3) is 0 Å². The normalized spacial score (nSPS) is 14.5. The molecular weight excluding hydrogens is 226 g/mol. The van der Waals surface area contributed by atoms with E-state index in [2.05, 4.69) is 4.98 Å². The molecule has 0 aromatic carbocycles. The van der Waals surface area contributed by atoms with E-state index < -0.39 is 17.9 Å². The molecule has 0 radical (unpaired) electrons. The van der Waals surface area contributed by atoms with Crippen LogP contribution in [0.5, 0.6) is 0 Å². The smallest absolute Gasteiger partial charge is 0.349 e. The first-order valence-corrected chi connectivity index (χ1v) is 5.23. The molecule has 0 saturated heterocycles. The van der Waals surface area contributed by atoms with Crippen LogP contribution in [0.1, 0.15) is 6.42 Å². The van der Waals surface area contributed by atoms with Crippen molar-refractivity contribution in [3.8, 4) is 0 Å². The van der Waals surface area contributed by atoms with Crippen LogP contribution in [-0.2, 0) is 11.3 Å². The number of methoxy groups -OCH3 is 1. The minimum absolute atomic E-state index is 0.164. The largest absolute Gasteiger partial charge is 0.394 e. The van der Waals surface area contributed by atoms with Gasteiger partial charge >= 0.3 is 5.69 Å². The molecule has 0 amide bonds. The minimum atomic E-state index is -0.838. The number of aliphatic hydroxyl groups is 2. The van der Waals surface area contributed by atoms with Gasteiger partial charge < -0.3 is 20.7 Å². The number of nitrogen functional groups attached to an aromatic ring is 1. The SMILES string of the molecule is CO[C@@H](CO)[C@@H](O)CCn1ccc(N)nc1=O. The number of nitrogens with zero attached hydrogens (tertiary/aromatic N) is 2. The Morgan fingerprint density at radius 3 is 2.88 bits per heavy atom. The summed E-state index contributed by atoms with van der Waals surface area (Å²) in [6.07, 6.45) is 0.310. The summed E-state index contributed by atoms with van der Waals surface area (Å²) >= 11 is 0. The molecule has 2 atom stereocenters. The van der Waals surface area contributed by atoms with Gasteiger partial charge in [-0.05, 0) is 12.5 Å². The number of rotatable bonds is 6. The van der Waals surface area contributed by atoms with Crippen molar-refractivity contribution in [1.82, 2.24) is 9.55 Å². The van der Waals surface area contributed by atoms with Crippen LogP contribution in [0, 0.1) is 0 Å². The van der Waals surface area contributed by atoms with Crippen LogP contribution in [-0.4, -0.2) is 45.7 Å². The van der Waals surface area contributed by atoms with Crippen LogP contribution < -0.4 is 11.4 Å². The molecule has 17 heavy (non-hydrogen) atoms. The highest BCUT2D eigenvalue weighted by molar-refractivity contribution is 5.23. The molecule has 0 saturated carbocycles. The van der Waals surface area contributed by atoms with Gasteiger partial charge in [-0.25, -0.2) is 4.79 Å². The van der Waals surface area contributed by atoms with E-state index in [0.29, 0.717) is 0 Å². The summed E-state index contributed by atoms with van der Waals surface area (Å²) in [7, 11) is 1.40. The average Bonchev–Trinajstić information content (AvgIpc) is 2.29. The van der Waals surface area contributed by atoms with E-state index in [-0.39, 0.29) is 25.4 Å². The summed E-state index contributed by atoms with van der Waals surface area (Å²) in [5.74, 6) is 0.164. The highest BCUT2D eigenvalue weighted by Gasteiger charge is 2.17. The van der Waals surface area contributed by atoms with Gasteiger partial charge in [0.05, 0.1) is 12.7 Å². The van der Waals surface area contributed by atoms with E-state index in [4.69, 9.17) is 15.6 Å². The zero-order valence-electron chi connectivity index (χ0n) is 9.61. The highest BCUT2D eigenvalue weighted by atomic mass is 16.5. The zero-order chi connectivity index (χ0) is 12.8. The third-order valence-corrected chi connectivity index (χ3v) is 2.47. The van der Waals surface area contributed by atoms with Crippen molar-refractivity contribution in [3.05, 3.63) is 22.7 Å². The molecule has 0 aliphatic rings. The van der Waals surface area contributed by atoms with Gasteiger partial charge in [0.2, 0.25) is 0 Å². The van der Waals surface area contributed by atoms with Gasteiger partial charge in [-0.1, -0.05) is 0 Å². The maximum absolute atomic E-state index is 11.4. The van der Waals surface area contributed by atoms with Gasteiger partial charge in [-0.3, -0.25) is 4.57 Å². The van der Waals surface area contributed by atoms with Crippen LogP contribution in [0.2, 0.25) is 0 Å². The molecule has 1 aromatic rings. The summed E-state index contributed by atoms with van der Waals surface area (Å²) in [4.78, 5) is 14.9.